The molecule has 1 aromatic rings. The molecule has 2 aliphatic rings. The lowest BCUT2D eigenvalue weighted by molar-refractivity contribution is -0.175. The quantitative estimate of drug-likeness (QED) is 0.287. The number of fused-ring (bicyclic) bond motifs is 1. The Bertz CT molecular complexity index is 989. The van der Waals surface area contributed by atoms with Crippen molar-refractivity contribution >= 4 is 52.0 Å². The Morgan fingerprint density at radius 2 is 2.00 bits per heavy atom. The van der Waals surface area contributed by atoms with E-state index >= 15 is 0 Å². The maximum absolute atomic E-state index is 13.0. The summed E-state index contributed by atoms with van der Waals surface area (Å²) < 4.78 is 10.2. The normalized spacial score (nSPS) is 21.1. The Kier molecular flexibility index (Phi) is 6.78. The van der Waals surface area contributed by atoms with Gasteiger partial charge < -0.3 is 24.4 Å². The van der Waals surface area contributed by atoms with Crippen molar-refractivity contribution in [1.29, 1.82) is 0 Å². The van der Waals surface area contributed by atoms with Crippen LogP contribution in [-0.4, -0.2) is 70.8 Å². The van der Waals surface area contributed by atoms with Crippen LogP contribution >= 0.6 is 23.6 Å². The lowest BCUT2D eigenvalue weighted by Crippen LogP contribution is -2.61. The summed E-state index contributed by atoms with van der Waals surface area (Å²) in [5.41, 5.74) is 0.830. The standard InChI is InChI=1S/C22H28N2O6S2/c1-11(25)16-14-8-13(12-7-15(32-9-12)19(31)23(5)6)17(24(14)18(16)26)20(27)29-10-30-21(28)22(2,3)4/h7,9,11,14,16,25H,8,10H2,1-6H3. The van der Waals surface area contributed by atoms with E-state index in [1.165, 1.54) is 16.2 Å². The third-order valence-electron chi connectivity index (χ3n) is 5.48. The first-order valence-corrected chi connectivity index (χ1v) is 11.5. The highest BCUT2D eigenvalue weighted by molar-refractivity contribution is 7.81. The van der Waals surface area contributed by atoms with Gasteiger partial charge in [0.05, 0.1) is 28.4 Å². The molecule has 3 atom stereocenters. The van der Waals surface area contributed by atoms with E-state index in [4.69, 9.17) is 21.7 Å². The number of nitrogens with zero attached hydrogens (tertiary/aromatic N) is 2. The van der Waals surface area contributed by atoms with Gasteiger partial charge in [0.2, 0.25) is 12.7 Å². The first-order chi connectivity index (χ1) is 14.8. The zero-order valence-corrected chi connectivity index (χ0v) is 20.6. The summed E-state index contributed by atoms with van der Waals surface area (Å²) in [4.78, 5) is 42.4. The molecule has 1 N–H and O–H groups in total. The minimum Gasteiger partial charge on any atom is -0.427 e. The maximum Gasteiger partial charge on any atom is 0.358 e. The molecule has 3 rings (SSSR count). The molecule has 0 bridgehead atoms. The third-order valence-corrected chi connectivity index (χ3v) is 7.13. The molecule has 0 spiro atoms. The van der Waals surface area contributed by atoms with E-state index in [1.54, 1.807) is 27.7 Å². The smallest absolute Gasteiger partial charge is 0.358 e. The van der Waals surface area contributed by atoms with Crippen LogP contribution in [-0.2, 0) is 23.9 Å². The van der Waals surface area contributed by atoms with Gasteiger partial charge in [-0.2, -0.15) is 0 Å². The first kappa shape index (κ1) is 24.3. The van der Waals surface area contributed by atoms with Crippen molar-refractivity contribution < 1.29 is 29.0 Å². The van der Waals surface area contributed by atoms with Gasteiger partial charge in [0.25, 0.3) is 0 Å². The van der Waals surface area contributed by atoms with Crippen molar-refractivity contribution in [3.63, 3.8) is 0 Å². The molecular formula is C22H28N2O6S2. The van der Waals surface area contributed by atoms with Crippen LogP contribution < -0.4 is 0 Å². The summed E-state index contributed by atoms with van der Waals surface area (Å²) >= 11 is 6.89. The van der Waals surface area contributed by atoms with E-state index in [1.807, 2.05) is 30.4 Å². The summed E-state index contributed by atoms with van der Waals surface area (Å²) in [7, 11) is 3.71. The predicted molar refractivity (Wildman–Crippen MR) is 124 cm³/mol. The summed E-state index contributed by atoms with van der Waals surface area (Å²) in [6.07, 6.45) is -0.411. The van der Waals surface area contributed by atoms with E-state index < -0.39 is 36.2 Å². The molecule has 1 saturated heterocycles. The average molecular weight is 481 g/mol. The number of rotatable bonds is 6. The highest BCUT2D eigenvalue weighted by atomic mass is 32.1. The van der Waals surface area contributed by atoms with Crippen molar-refractivity contribution in [3.8, 4) is 0 Å². The molecule has 0 radical (unpaired) electrons. The number of hydrogen-bond donors (Lipinski definition) is 1. The molecule has 1 amide bonds. The lowest BCUT2D eigenvalue weighted by atomic mass is 9.82. The number of amides is 1. The van der Waals surface area contributed by atoms with Gasteiger partial charge in [-0.25, -0.2) is 4.79 Å². The minimum atomic E-state index is -0.826. The molecule has 0 aliphatic carbocycles. The molecule has 0 saturated carbocycles. The van der Waals surface area contributed by atoms with Crippen LogP contribution in [0, 0.1) is 11.3 Å². The average Bonchev–Trinajstić information content (AvgIpc) is 3.28. The predicted octanol–water partition coefficient (Wildman–Crippen LogP) is 2.40. The van der Waals surface area contributed by atoms with Crippen LogP contribution in [0.15, 0.2) is 17.1 Å². The SMILES string of the molecule is CC(O)C1C(=O)N2C(C(=O)OCOC(=O)C(C)(C)C)=C(c3csc(C(=S)N(C)C)c3)CC12. The van der Waals surface area contributed by atoms with Crippen LogP contribution in [0.1, 0.15) is 44.6 Å². The molecule has 174 valence electrons. The third kappa shape index (κ3) is 4.44. The van der Waals surface area contributed by atoms with Crippen molar-refractivity contribution in [2.45, 2.75) is 46.3 Å². The zero-order chi connectivity index (χ0) is 24.0. The number of aliphatic hydroxyl groups is 1. The second kappa shape index (κ2) is 8.92. The molecule has 2 aliphatic heterocycles. The highest BCUT2D eigenvalue weighted by Gasteiger charge is 2.57. The van der Waals surface area contributed by atoms with E-state index in [-0.39, 0.29) is 17.6 Å². The van der Waals surface area contributed by atoms with Crippen molar-refractivity contribution in [3.05, 3.63) is 27.6 Å². The second-order valence-corrected chi connectivity index (χ2v) is 10.5. The van der Waals surface area contributed by atoms with Crippen molar-refractivity contribution in [1.82, 2.24) is 9.80 Å². The van der Waals surface area contributed by atoms with Gasteiger partial charge >= 0.3 is 11.9 Å². The molecule has 0 aromatic carbocycles. The fourth-order valence-electron chi connectivity index (χ4n) is 3.76. The molecule has 32 heavy (non-hydrogen) atoms. The molecule has 8 nitrogen and oxygen atoms in total. The summed E-state index contributed by atoms with van der Waals surface area (Å²) in [6.45, 7) is 6.11. The summed E-state index contributed by atoms with van der Waals surface area (Å²) in [6, 6.07) is 1.57. The molecule has 1 fully saturated rings. The van der Waals surface area contributed by atoms with Gasteiger partial charge in [0, 0.05) is 14.1 Å². The second-order valence-electron chi connectivity index (χ2n) is 9.20. The maximum atomic E-state index is 13.0. The first-order valence-electron chi connectivity index (χ1n) is 10.2. The monoisotopic (exact) mass is 480 g/mol. The molecular weight excluding hydrogens is 452 g/mol. The molecule has 10 heteroatoms. The van der Waals surface area contributed by atoms with Gasteiger partial charge in [0.15, 0.2) is 0 Å². The van der Waals surface area contributed by atoms with Crippen LogP contribution in [0.25, 0.3) is 5.57 Å². The van der Waals surface area contributed by atoms with Crippen molar-refractivity contribution in [2.24, 2.45) is 11.3 Å². The Hall–Kier alpha value is -2.30. The van der Waals surface area contributed by atoms with E-state index in [9.17, 15) is 19.5 Å². The molecule has 3 unspecified atom stereocenters. The highest BCUT2D eigenvalue weighted by Crippen LogP contribution is 2.47. The Morgan fingerprint density at radius 3 is 2.56 bits per heavy atom. The van der Waals surface area contributed by atoms with Gasteiger partial charge in [-0.1, -0.05) is 12.2 Å². The topological polar surface area (TPSA) is 96.4 Å². The zero-order valence-electron chi connectivity index (χ0n) is 19.0. The van der Waals surface area contributed by atoms with Crippen LogP contribution in [0.3, 0.4) is 0 Å². The van der Waals surface area contributed by atoms with Crippen molar-refractivity contribution in [2.75, 3.05) is 20.9 Å². The number of aliphatic hydroxyl groups excluding tert-OH is 1. The van der Waals surface area contributed by atoms with Gasteiger partial charge in [-0.15, -0.1) is 11.3 Å². The van der Waals surface area contributed by atoms with Gasteiger partial charge in [0.1, 0.15) is 10.7 Å². The van der Waals surface area contributed by atoms with Crippen LogP contribution in [0.4, 0.5) is 0 Å². The number of hydrogen-bond acceptors (Lipinski definition) is 8. The van der Waals surface area contributed by atoms with E-state index in [0.717, 1.165) is 10.4 Å². The lowest BCUT2D eigenvalue weighted by Gasteiger charge is -2.44. The van der Waals surface area contributed by atoms with Gasteiger partial charge in [-0.3, -0.25) is 9.59 Å². The number of carbonyl (C=O) groups excluding carboxylic acids is 3. The molecule has 3 heterocycles. The number of esters is 2. The molecule has 1 aromatic heterocycles. The summed E-state index contributed by atoms with van der Waals surface area (Å²) in [5.74, 6) is -2.14. The van der Waals surface area contributed by atoms with E-state index in [2.05, 4.69) is 0 Å². The number of carbonyl (C=O) groups is 3. The number of thiophene rings is 1. The Labute approximate surface area is 196 Å². The fraction of sp³-hybridized carbons (Fsp3) is 0.545. The minimum absolute atomic E-state index is 0.129. The largest absolute Gasteiger partial charge is 0.427 e. The number of thiocarbonyl (C=S) groups is 1. The van der Waals surface area contributed by atoms with E-state index in [0.29, 0.717) is 17.0 Å². The summed E-state index contributed by atoms with van der Waals surface area (Å²) in [5, 5.41) is 11.9. The van der Waals surface area contributed by atoms with Gasteiger partial charge in [-0.05, 0) is 56.7 Å². The van der Waals surface area contributed by atoms with Crippen LogP contribution in [0.2, 0.25) is 0 Å². The fourth-order valence-corrected chi connectivity index (χ4v) is 4.91. The number of ether oxygens (including phenoxy) is 2. The Balaban J connectivity index is 1.87. The van der Waals surface area contributed by atoms with Crippen LogP contribution in [0.5, 0.6) is 0 Å². The number of β-lactam (4-membered cyclic amide) rings is 1. The Morgan fingerprint density at radius 1 is 1.34 bits per heavy atom.